The maximum Gasteiger partial charge on any atom is 0.211 e. The zero-order chi connectivity index (χ0) is 14.4. The van der Waals surface area contributed by atoms with Crippen LogP contribution in [0, 0.1) is 6.92 Å². The number of hydrogen-bond acceptors (Lipinski definition) is 4. The molecule has 0 fully saturated rings. The molecule has 1 heterocycles. The Hall–Kier alpha value is -1.24. The largest absolute Gasteiger partial charge is 0.247 e. The van der Waals surface area contributed by atoms with Crippen LogP contribution in [0.5, 0.6) is 0 Å². The molecule has 0 aliphatic carbocycles. The van der Waals surface area contributed by atoms with Crippen LogP contribution in [0.25, 0.3) is 0 Å². The van der Waals surface area contributed by atoms with Gasteiger partial charge in [-0.3, -0.25) is 0 Å². The molecule has 6 heteroatoms. The van der Waals surface area contributed by atoms with Crippen LogP contribution in [0.4, 0.5) is 0 Å². The van der Waals surface area contributed by atoms with E-state index in [4.69, 9.17) is 0 Å². The maximum absolute atomic E-state index is 11.9. The van der Waals surface area contributed by atoms with Gasteiger partial charge in [0, 0.05) is 24.0 Å². The first-order chi connectivity index (χ1) is 9.55. The Labute approximate surface area is 123 Å². The van der Waals surface area contributed by atoms with E-state index in [9.17, 15) is 8.42 Å². The van der Waals surface area contributed by atoms with E-state index < -0.39 is 10.0 Å². The number of nitrogens with one attached hydrogen (secondary N) is 1. The standard InChI is InChI=1S/C14H18N2O2S2/c1-12-11-19-14(16-12)7-9-15-20(17,18)10-8-13-5-3-2-4-6-13/h2-6,11,15H,7-10H2,1H3. The van der Waals surface area contributed by atoms with Crippen LogP contribution in [-0.4, -0.2) is 25.7 Å². The van der Waals surface area contributed by atoms with Gasteiger partial charge in [-0.1, -0.05) is 30.3 Å². The molecule has 108 valence electrons. The van der Waals surface area contributed by atoms with Crippen molar-refractivity contribution in [2.45, 2.75) is 19.8 Å². The van der Waals surface area contributed by atoms with E-state index in [0.29, 0.717) is 19.4 Å². The lowest BCUT2D eigenvalue weighted by Gasteiger charge is -2.05. The van der Waals surface area contributed by atoms with Gasteiger partial charge in [0.1, 0.15) is 0 Å². The number of aryl methyl sites for hydroxylation is 2. The Morgan fingerprint density at radius 2 is 1.95 bits per heavy atom. The first-order valence-electron chi connectivity index (χ1n) is 6.47. The molecule has 2 rings (SSSR count). The SMILES string of the molecule is Cc1csc(CCNS(=O)(=O)CCc2ccccc2)n1. The predicted octanol–water partition coefficient (Wildman–Crippen LogP) is 2.16. The fraction of sp³-hybridized carbons (Fsp3) is 0.357. The molecular weight excluding hydrogens is 292 g/mol. The molecule has 0 aliphatic heterocycles. The second-order valence-corrected chi connectivity index (χ2v) is 7.45. The van der Waals surface area contributed by atoms with Crippen molar-refractivity contribution in [3.8, 4) is 0 Å². The minimum atomic E-state index is -3.22. The molecule has 1 aromatic carbocycles. The van der Waals surface area contributed by atoms with E-state index in [1.165, 1.54) is 0 Å². The average Bonchev–Trinajstić information content (AvgIpc) is 2.83. The third kappa shape index (κ3) is 5.03. The Balaban J connectivity index is 1.76. The zero-order valence-corrected chi connectivity index (χ0v) is 13.0. The summed E-state index contributed by atoms with van der Waals surface area (Å²) in [5.41, 5.74) is 2.02. The van der Waals surface area contributed by atoms with Gasteiger partial charge in [-0.2, -0.15) is 0 Å². The molecule has 1 aromatic heterocycles. The Morgan fingerprint density at radius 1 is 1.20 bits per heavy atom. The quantitative estimate of drug-likeness (QED) is 0.852. The van der Waals surface area contributed by atoms with Crippen molar-refractivity contribution in [2.75, 3.05) is 12.3 Å². The smallest absolute Gasteiger partial charge is 0.211 e. The van der Waals surface area contributed by atoms with Crippen LogP contribution in [0.15, 0.2) is 35.7 Å². The summed E-state index contributed by atoms with van der Waals surface area (Å²) in [6, 6.07) is 9.63. The van der Waals surface area contributed by atoms with Crippen LogP contribution in [0.2, 0.25) is 0 Å². The lowest BCUT2D eigenvalue weighted by atomic mass is 10.2. The minimum absolute atomic E-state index is 0.119. The number of rotatable bonds is 7. The van der Waals surface area contributed by atoms with Gasteiger partial charge in [-0.05, 0) is 18.9 Å². The summed E-state index contributed by atoms with van der Waals surface area (Å²) in [5.74, 6) is 0.119. The van der Waals surface area contributed by atoms with Gasteiger partial charge < -0.3 is 0 Å². The van der Waals surface area contributed by atoms with Crippen LogP contribution in [0.3, 0.4) is 0 Å². The second kappa shape index (κ2) is 6.97. The first-order valence-corrected chi connectivity index (χ1v) is 9.01. The van der Waals surface area contributed by atoms with Crippen LogP contribution >= 0.6 is 11.3 Å². The van der Waals surface area contributed by atoms with Crippen molar-refractivity contribution in [2.24, 2.45) is 0 Å². The van der Waals surface area contributed by atoms with Crippen molar-refractivity contribution in [3.05, 3.63) is 52.0 Å². The third-order valence-corrected chi connectivity index (χ3v) is 5.24. The molecule has 0 spiro atoms. The number of aromatic nitrogens is 1. The Bertz CT molecular complexity index is 636. The van der Waals surface area contributed by atoms with E-state index in [1.807, 2.05) is 42.6 Å². The number of benzene rings is 1. The van der Waals surface area contributed by atoms with Crippen molar-refractivity contribution < 1.29 is 8.42 Å². The summed E-state index contributed by atoms with van der Waals surface area (Å²) in [4.78, 5) is 4.31. The number of hydrogen-bond donors (Lipinski definition) is 1. The molecule has 2 aromatic rings. The van der Waals surface area contributed by atoms with Gasteiger partial charge >= 0.3 is 0 Å². The summed E-state index contributed by atoms with van der Waals surface area (Å²) in [6.07, 6.45) is 1.18. The minimum Gasteiger partial charge on any atom is -0.247 e. The Morgan fingerprint density at radius 3 is 2.60 bits per heavy atom. The molecule has 4 nitrogen and oxygen atoms in total. The number of sulfonamides is 1. The highest BCUT2D eigenvalue weighted by Gasteiger charge is 2.10. The average molecular weight is 310 g/mol. The lowest BCUT2D eigenvalue weighted by molar-refractivity contribution is 0.581. The monoisotopic (exact) mass is 310 g/mol. The highest BCUT2D eigenvalue weighted by molar-refractivity contribution is 7.89. The molecule has 0 saturated carbocycles. The molecule has 0 aliphatic rings. The van der Waals surface area contributed by atoms with Gasteiger partial charge in [0.15, 0.2) is 0 Å². The van der Waals surface area contributed by atoms with Crippen LogP contribution in [-0.2, 0) is 22.9 Å². The van der Waals surface area contributed by atoms with E-state index in [2.05, 4.69) is 9.71 Å². The van der Waals surface area contributed by atoms with E-state index in [-0.39, 0.29) is 5.75 Å². The maximum atomic E-state index is 11.9. The summed E-state index contributed by atoms with van der Waals surface area (Å²) in [6.45, 7) is 2.34. The topological polar surface area (TPSA) is 59.1 Å². The summed E-state index contributed by atoms with van der Waals surface area (Å²) < 4.78 is 26.4. The lowest BCUT2D eigenvalue weighted by Crippen LogP contribution is -2.29. The molecular formula is C14H18N2O2S2. The third-order valence-electron chi connectivity index (χ3n) is 2.83. The molecule has 20 heavy (non-hydrogen) atoms. The molecule has 0 unspecified atom stereocenters. The van der Waals surface area contributed by atoms with E-state index in [0.717, 1.165) is 16.3 Å². The van der Waals surface area contributed by atoms with Crippen molar-refractivity contribution >= 4 is 21.4 Å². The first kappa shape index (κ1) is 15.2. The normalized spacial score (nSPS) is 11.7. The van der Waals surface area contributed by atoms with Crippen molar-refractivity contribution in [1.82, 2.24) is 9.71 Å². The number of nitrogens with zero attached hydrogens (tertiary/aromatic N) is 1. The van der Waals surface area contributed by atoms with Gasteiger partial charge in [-0.25, -0.2) is 18.1 Å². The molecule has 0 atom stereocenters. The molecule has 0 amide bonds. The van der Waals surface area contributed by atoms with Crippen molar-refractivity contribution in [3.63, 3.8) is 0 Å². The van der Waals surface area contributed by atoms with Crippen LogP contribution in [0.1, 0.15) is 16.3 Å². The van der Waals surface area contributed by atoms with E-state index in [1.54, 1.807) is 11.3 Å². The fourth-order valence-corrected chi connectivity index (χ4v) is 3.64. The fourth-order valence-electron chi connectivity index (χ4n) is 1.80. The van der Waals surface area contributed by atoms with Gasteiger partial charge in [0.2, 0.25) is 10.0 Å². The predicted molar refractivity (Wildman–Crippen MR) is 82.5 cm³/mol. The highest BCUT2D eigenvalue weighted by atomic mass is 32.2. The van der Waals surface area contributed by atoms with Crippen molar-refractivity contribution in [1.29, 1.82) is 0 Å². The molecule has 1 N–H and O–H groups in total. The van der Waals surface area contributed by atoms with Gasteiger partial charge in [0.05, 0.1) is 10.8 Å². The van der Waals surface area contributed by atoms with Gasteiger partial charge in [-0.15, -0.1) is 11.3 Å². The Kier molecular flexibility index (Phi) is 5.28. The highest BCUT2D eigenvalue weighted by Crippen LogP contribution is 2.08. The van der Waals surface area contributed by atoms with Crippen LogP contribution < -0.4 is 4.72 Å². The molecule has 0 bridgehead atoms. The summed E-state index contributed by atoms with van der Waals surface area (Å²) >= 11 is 1.56. The molecule has 0 saturated heterocycles. The summed E-state index contributed by atoms with van der Waals surface area (Å²) in [7, 11) is -3.22. The second-order valence-electron chi connectivity index (χ2n) is 4.58. The zero-order valence-electron chi connectivity index (χ0n) is 11.4. The summed E-state index contributed by atoms with van der Waals surface area (Å²) in [5, 5.41) is 2.94. The molecule has 0 radical (unpaired) electrons. The van der Waals surface area contributed by atoms with Gasteiger partial charge in [0.25, 0.3) is 0 Å². The van der Waals surface area contributed by atoms with E-state index >= 15 is 0 Å². The number of thiazole rings is 1.